The van der Waals surface area contributed by atoms with Gasteiger partial charge in [0.25, 0.3) is 0 Å². The SMILES string of the molecule is Cc1csc(CN2CCCCCC2CCl)n1. The molecule has 1 aromatic heterocycles. The monoisotopic (exact) mass is 258 g/mol. The zero-order valence-corrected chi connectivity index (χ0v) is 11.4. The van der Waals surface area contributed by atoms with Crippen molar-refractivity contribution >= 4 is 22.9 Å². The molecule has 2 nitrogen and oxygen atoms in total. The van der Waals surface area contributed by atoms with E-state index in [0.717, 1.165) is 18.1 Å². The number of hydrogen-bond donors (Lipinski definition) is 0. The Balaban J connectivity index is 1.99. The molecular formula is C12H19ClN2S. The second-order valence-electron chi connectivity index (χ2n) is 4.51. The fourth-order valence-electron chi connectivity index (χ4n) is 2.27. The summed E-state index contributed by atoms with van der Waals surface area (Å²) in [5.41, 5.74) is 1.14. The van der Waals surface area contributed by atoms with Crippen LogP contribution in [0.1, 0.15) is 36.4 Å². The summed E-state index contributed by atoms with van der Waals surface area (Å²) in [4.78, 5) is 7.05. The lowest BCUT2D eigenvalue weighted by Crippen LogP contribution is -2.35. The van der Waals surface area contributed by atoms with Crippen LogP contribution in [0.5, 0.6) is 0 Å². The van der Waals surface area contributed by atoms with E-state index in [0.29, 0.717) is 6.04 Å². The number of rotatable bonds is 3. The zero-order chi connectivity index (χ0) is 11.4. The van der Waals surface area contributed by atoms with Crippen LogP contribution in [-0.4, -0.2) is 28.4 Å². The minimum Gasteiger partial charge on any atom is -0.293 e. The maximum absolute atomic E-state index is 6.06. The summed E-state index contributed by atoms with van der Waals surface area (Å²) in [6.45, 7) is 4.22. The van der Waals surface area contributed by atoms with Crippen LogP contribution in [0.4, 0.5) is 0 Å². The van der Waals surface area contributed by atoms with Crippen LogP contribution in [0, 0.1) is 6.92 Å². The van der Waals surface area contributed by atoms with E-state index >= 15 is 0 Å². The number of nitrogens with zero attached hydrogens (tertiary/aromatic N) is 2. The fraction of sp³-hybridized carbons (Fsp3) is 0.750. The summed E-state index contributed by atoms with van der Waals surface area (Å²) in [6.07, 6.45) is 5.22. The molecule has 90 valence electrons. The summed E-state index contributed by atoms with van der Waals surface area (Å²) < 4.78 is 0. The summed E-state index contributed by atoms with van der Waals surface area (Å²) in [6, 6.07) is 0.549. The van der Waals surface area contributed by atoms with Crippen molar-refractivity contribution in [2.75, 3.05) is 12.4 Å². The molecule has 2 rings (SSSR count). The molecule has 1 aromatic rings. The quantitative estimate of drug-likeness (QED) is 0.773. The lowest BCUT2D eigenvalue weighted by Gasteiger charge is -2.27. The van der Waals surface area contributed by atoms with Gasteiger partial charge in [-0.25, -0.2) is 4.98 Å². The van der Waals surface area contributed by atoms with Gasteiger partial charge >= 0.3 is 0 Å². The van der Waals surface area contributed by atoms with Crippen molar-refractivity contribution in [3.8, 4) is 0 Å². The molecule has 4 heteroatoms. The third kappa shape index (κ3) is 3.19. The second-order valence-corrected chi connectivity index (χ2v) is 5.76. The maximum Gasteiger partial charge on any atom is 0.107 e. The number of hydrogen-bond acceptors (Lipinski definition) is 3. The molecule has 1 aliphatic rings. The molecule has 0 aromatic carbocycles. The predicted molar refractivity (Wildman–Crippen MR) is 70.2 cm³/mol. The molecule has 1 aliphatic heterocycles. The number of halogens is 1. The summed E-state index contributed by atoms with van der Waals surface area (Å²) >= 11 is 7.83. The summed E-state index contributed by atoms with van der Waals surface area (Å²) in [7, 11) is 0. The van der Waals surface area contributed by atoms with Gasteiger partial charge in [-0.2, -0.15) is 0 Å². The van der Waals surface area contributed by atoms with Gasteiger partial charge in [0.2, 0.25) is 0 Å². The molecular weight excluding hydrogens is 240 g/mol. The lowest BCUT2D eigenvalue weighted by atomic mass is 10.1. The molecule has 1 unspecified atom stereocenters. The minimum absolute atomic E-state index is 0.549. The van der Waals surface area contributed by atoms with Crippen molar-refractivity contribution in [3.63, 3.8) is 0 Å². The highest BCUT2D eigenvalue weighted by atomic mass is 35.5. The first-order valence-electron chi connectivity index (χ1n) is 6.00. The topological polar surface area (TPSA) is 16.1 Å². The summed E-state index contributed by atoms with van der Waals surface area (Å²) in [5.74, 6) is 0.754. The van der Waals surface area contributed by atoms with E-state index < -0.39 is 0 Å². The molecule has 0 saturated carbocycles. The van der Waals surface area contributed by atoms with Gasteiger partial charge in [-0.3, -0.25) is 4.90 Å². The molecule has 16 heavy (non-hydrogen) atoms. The third-order valence-electron chi connectivity index (χ3n) is 3.18. The van der Waals surface area contributed by atoms with E-state index in [-0.39, 0.29) is 0 Å². The molecule has 1 atom stereocenters. The molecule has 0 N–H and O–H groups in total. The highest BCUT2D eigenvalue weighted by molar-refractivity contribution is 7.09. The largest absolute Gasteiger partial charge is 0.293 e. The van der Waals surface area contributed by atoms with Crippen LogP contribution in [0.2, 0.25) is 0 Å². The smallest absolute Gasteiger partial charge is 0.107 e. The van der Waals surface area contributed by atoms with Crippen molar-refractivity contribution in [2.24, 2.45) is 0 Å². The number of likely N-dealkylation sites (tertiary alicyclic amines) is 1. The summed E-state index contributed by atoms with van der Waals surface area (Å²) in [5, 5.41) is 3.36. The number of aryl methyl sites for hydroxylation is 1. The Bertz CT molecular complexity index is 327. The van der Waals surface area contributed by atoms with Crippen molar-refractivity contribution in [1.82, 2.24) is 9.88 Å². The predicted octanol–water partition coefficient (Wildman–Crippen LogP) is 3.43. The van der Waals surface area contributed by atoms with E-state index in [1.165, 1.54) is 37.2 Å². The minimum atomic E-state index is 0.549. The van der Waals surface area contributed by atoms with E-state index in [4.69, 9.17) is 11.6 Å². The van der Waals surface area contributed by atoms with Crippen LogP contribution in [0.25, 0.3) is 0 Å². The number of aromatic nitrogens is 1. The third-order valence-corrected chi connectivity index (χ3v) is 4.49. The van der Waals surface area contributed by atoms with Gasteiger partial charge in [0.15, 0.2) is 0 Å². The van der Waals surface area contributed by atoms with Gasteiger partial charge in [-0.15, -0.1) is 22.9 Å². The van der Waals surface area contributed by atoms with E-state index in [9.17, 15) is 0 Å². The van der Waals surface area contributed by atoms with E-state index in [2.05, 4.69) is 22.2 Å². The van der Waals surface area contributed by atoms with Crippen molar-refractivity contribution in [2.45, 2.75) is 45.2 Å². The second kappa shape index (κ2) is 5.99. The Morgan fingerprint density at radius 2 is 2.38 bits per heavy atom. The van der Waals surface area contributed by atoms with Crippen molar-refractivity contribution in [3.05, 3.63) is 16.1 Å². The maximum atomic E-state index is 6.06. The molecule has 0 aliphatic carbocycles. The van der Waals surface area contributed by atoms with E-state index in [1.807, 2.05) is 0 Å². The standard InChI is InChI=1S/C12H19ClN2S/c1-10-9-16-12(14-10)8-15-6-4-2-3-5-11(15)7-13/h9,11H,2-8H2,1H3. The number of alkyl halides is 1. The van der Waals surface area contributed by atoms with Gasteiger partial charge < -0.3 is 0 Å². The van der Waals surface area contributed by atoms with Gasteiger partial charge in [0, 0.05) is 23.0 Å². The Labute approximate surface area is 107 Å². The van der Waals surface area contributed by atoms with Gasteiger partial charge in [0.05, 0.1) is 6.54 Å². The Kier molecular flexibility index (Phi) is 4.62. The average molecular weight is 259 g/mol. The first-order valence-corrected chi connectivity index (χ1v) is 7.42. The van der Waals surface area contributed by atoms with Crippen LogP contribution in [-0.2, 0) is 6.54 Å². The van der Waals surface area contributed by atoms with E-state index in [1.54, 1.807) is 11.3 Å². The fourth-order valence-corrected chi connectivity index (χ4v) is 3.41. The lowest BCUT2D eigenvalue weighted by molar-refractivity contribution is 0.207. The van der Waals surface area contributed by atoms with Crippen molar-refractivity contribution in [1.29, 1.82) is 0 Å². The first-order chi connectivity index (χ1) is 7.79. The van der Waals surface area contributed by atoms with Crippen LogP contribution >= 0.6 is 22.9 Å². The van der Waals surface area contributed by atoms with Crippen LogP contribution < -0.4 is 0 Å². The van der Waals surface area contributed by atoms with Crippen LogP contribution in [0.3, 0.4) is 0 Å². The number of thiazole rings is 1. The van der Waals surface area contributed by atoms with Gasteiger partial charge in [-0.1, -0.05) is 12.8 Å². The van der Waals surface area contributed by atoms with Crippen molar-refractivity contribution < 1.29 is 0 Å². The highest BCUT2D eigenvalue weighted by Gasteiger charge is 2.20. The molecule has 1 saturated heterocycles. The molecule has 2 heterocycles. The highest BCUT2D eigenvalue weighted by Crippen LogP contribution is 2.21. The molecule has 1 fully saturated rings. The first kappa shape index (κ1) is 12.3. The zero-order valence-electron chi connectivity index (χ0n) is 9.79. The van der Waals surface area contributed by atoms with Gasteiger partial charge in [-0.05, 0) is 26.3 Å². The molecule has 0 radical (unpaired) electrons. The Hall–Kier alpha value is -0.120. The normalized spacial score (nSPS) is 23.2. The Morgan fingerprint density at radius 1 is 1.50 bits per heavy atom. The van der Waals surface area contributed by atoms with Gasteiger partial charge in [0.1, 0.15) is 5.01 Å². The molecule has 0 spiro atoms. The van der Waals surface area contributed by atoms with Crippen LogP contribution in [0.15, 0.2) is 5.38 Å². The average Bonchev–Trinajstić information content (AvgIpc) is 2.56. The molecule has 0 bridgehead atoms. The Morgan fingerprint density at radius 3 is 3.06 bits per heavy atom. The molecule has 0 amide bonds.